The van der Waals surface area contributed by atoms with Crippen molar-refractivity contribution in [3.05, 3.63) is 45.7 Å². The Hall–Kier alpha value is -3.17. The lowest BCUT2D eigenvalue weighted by Crippen LogP contribution is -2.63. The van der Waals surface area contributed by atoms with Gasteiger partial charge in [0.2, 0.25) is 5.78 Å². The highest BCUT2D eigenvalue weighted by atomic mass is 16.4. The topological polar surface area (TPSA) is 178 Å². The minimum atomic E-state index is -2.82. The third-order valence-corrected chi connectivity index (χ3v) is 8.86. The molecule has 9 heteroatoms. The Kier molecular flexibility index (Phi) is 4.99. The predicted molar refractivity (Wildman–Crippen MR) is 123 cm³/mol. The van der Waals surface area contributed by atoms with Crippen molar-refractivity contribution in [2.75, 3.05) is 0 Å². The van der Waals surface area contributed by atoms with E-state index in [0.717, 1.165) is 25.7 Å². The smallest absolute Gasteiger partial charge is 0.255 e. The summed E-state index contributed by atoms with van der Waals surface area (Å²) in [4.78, 5) is 38.0. The molecule has 4 aliphatic carbocycles. The molecule has 0 aromatic heterocycles. The zero-order chi connectivity index (χ0) is 25.6. The van der Waals surface area contributed by atoms with Crippen LogP contribution in [-0.4, -0.2) is 54.7 Å². The van der Waals surface area contributed by atoms with E-state index in [4.69, 9.17) is 5.73 Å². The molecule has 0 saturated heterocycles. The molecule has 1 amide bonds. The number of aromatic hydroxyl groups is 1. The summed E-state index contributed by atoms with van der Waals surface area (Å²) in [5.41, 5.74) is 2.06. The molecule has 0 aliphatic heterocycles. The third kappa shape index (κ3) is 2.85. The first-order valence-electron chi connectivity index (χ1n) is 11.9. The van der Waals surface area contributed by atoms with Crippen LogP contribution in [0.25, 0.3) is 5.76 Å². The van der Waals surface area contributed by atoms with Crippen molar-refractivity contribution in [3.8, 4) is 5.75 Å². The van der Waals surface area contributed by atoms with Crippen molar-refractivity contribution in [1.29, 1.82) is 0 Å². The molecule has 2 fully saturated rings. The summed E-state index contributed by atoms with van der Waals surface area (Å²) < 4.78 is 0. The summed E-state index contributed by atoms with van der Waals surface area (Å²) >= 11 is 0. The number of fused-ring (bicyclic) bond motifs is 3. The molecular weight excluding hydrogens is 454 g/mol. The maximum Gasteiger partial charge on any atom is 0.255 e. The van der Waals surface area contributed by atoms with Gasteiger partial charge in [-0.15, -0.1) is 0 Å². The normalized spacial score (nSPS) is 33.9. The van der Waals surface area contributed by atoms with Crippen LogP contribution in [0.4, 0.5) is 0 Å². The van der Waals surface area contributed by atoms with Crippen molar-refractivity contribution in [3.63, 3.8) is 0 Å². The first-order valence-corrected chi connectivity index (χ1v) is 11.9. The second-order valence-corrected chi connectivity index (χ2v) is 10.7. The van der Waals surface area contributed by atoms with Crippen molar-refractivity contribution >= 4 is 23.2 Å². The van der Waals surface area contributed by atoms with Gasteiger partial charge in [-0.05, 0) is 29.7 Å². The summed E-state index contributed by atoms with van der Waals surface area (Å²) in [7, 11) is 0. The van der Waals surface area contributed by atoms with Crippen LogP contribution in [0.1, 0.15) is 68.6 Å². The maximum absolute atomic E-state index is 13.7. The van der Waals surface area contributed by atoms with E-state index in [2.05, 4.69) is 0 Å². The minimum Gasteiger partial charge on any atom is -0.508 e. The highest BCUT2D eigenvalue weighted by molar-refractivity contribution is 6.23. The van der Waals surface area contributed by atoms with E-state index in [1.807, 2.05) is 13.0 Å². The lowest BCUT2D eigenvalue weighted by atomic mass is 9.55. The van der Waals surface area contributed by atoms with Crippen molar-refractivity contribution in [1.82, 2.24) is 0 Å². The molecule has 1 aromatic carbocycles. The number of carbonyl (C=O) groups is 3. The molecule has 4 aliphatic rings. The van der Waals surface area contributed by atoms with Crippen molar-refractivity contribution in [2.24, 2.45) is 17.6 Å². The van der Waals surface area contributed by atoms with Gasteiger partial charge in [-0.3, -0.25) is 14.4 Å². The fraction of sp³-hybridized carbons (Fsp3) is 0.500. The number of Topliss-reactive ketones (excluding diaryl/α,β-unsaturated/α-hetero) is 2. The Bertz CT molecular complexity index is 1250. The molecule has 5 rings (SSSR count). The fourth-order valence-electron chi connectivity index (χ4n) is 6.91. The number of amides is 1. The lowest BCUT2D eigenvalue weighted by molar-refractivity contribution is -0.160. The minimum absolute atomic E-state index is 0.0578. The first kappa shape index (κ1) is 23.6. The fourth-order valence-corrected chi connectivity index (χ4v) is 6.91. The van der Waals surface area contributed by atoms with Gasteiger partial charge in [-0.1, -0.05) is 38.8 Å². The molecule has 35 heavy (non-hydrogen) atoms. The SMILES string of the molecule is CC1c2ccc(C3(C)CCCC3)c(O)c2C(O)=C2C(=O)C3(O)C(O)=C(C(N)=O)C(=O)CC3C(O)C21. The maximum atomic E-state index is 13.7. The zero-order valence-electron chi connectivity index (χ0n) is 19.5. The number of primary amides is 1. The van der Waals surface area contributed by atoms with Gasteiger partial charge in [0.05, 0.1) is 11.7 Å². The molecule has 0 spiro atoms. The van der Waals surface area contributed by atoms with Crippen molar-refractivity contribution < 1.29 is 39.9 Å². The van der Waals surface area contributed by atoms with E-state index in [0.29, 0.717) is 11.1 Å². The molecule has 0 heterocycles. The van der Waals surface area contributed by atoms with Crippen LogP contribution in [0, 0.1) is 11.8 Å². The van der Waals surface area contributed by atoms with Gasteiger partial charge in [-0.2, -0.15) is 0 Å². The predicted octanol–water partition coefficient (Wildman–Crippen LogP) is 1.79. The number of ketones is 2. The van der Waals surface area contributed by atoms with Gasteiger partial charge >= 0.3 is 0 Å². The molecule has 7 N–H and O–H groups in total. The van der Waals surface area contributed by atoms with Crippen LogP contribution in [-0.2, 0) is 19.8 Å². The number of hydrogen-bond donors (Lipinski definition) is 6. The Balaban J connectivity index is 1.75. The van der Waals surface area contributed by atoms with Gasteiger partial charge in [0.25, 0.3) is 5.91 Å². The second-order valence-electron chi connectivity index (χ2n) is 10.7. The molecule has 1 aromatic rings. The highest BCUT2D eigenvalue weighted by Gasteiger charge is 2.65. The van der Waals surface area contributed by atoms with E-state index in [1.54, 1.807) is 13.0 Å². The average Bonchev–Trinajstić information content (AvgIpc) is 3.23. The van der Waals surface area contributed by atoms with Crippen LogP contribution >= 0.6 is 0 Å². The Morgan fingerprint density at radius 3 is 2.34 bits per heavy atom. The van der Waals surface area contributed by atoms with Crippen molar-refractivity contribution in [2.45, 2.75) is 69.0 Å². The molecule has 9 nitrogen and oxygen atoms in total. The van der Waals surface area contributed by atoms with Crippen LogP contribution < -0.4 is 5.73 Å². The number of carbonyl (C=O) groups excluding carboxylic acids is 3. The number of phenols is 1. The van der Waals surface area contributed by atoms with E-state index in [1.165, 1.54) is 0 Å². The van der Waals surface area contributed by atoms with Gasteiger partial charge in [0, 0.05) is 29.4 Å². The Labute approximate surface area is 201 Å². The number of hydrogen-bond acceptors (Lipinski definition) is 8. The van der Waals surface area contributed by atoms with Crippen LogP contribution in [0.5, 0.6) is 5.75 Å². The largest absolute Gasteiger partial charge is 0.508 e. The quantitative estimate of drug-likeness (QED) is 0.345. The monoisotopic (exact) mass is 483 g/mol. The summed E-state index contributed by atoms with van der Waals surface area (Å²) in [6.07, 6.45) is 1.62. The summed E-state index contributed by atoms with van der Waals surface area (Å²) in [5, 5.41) is 56.0. The van der Waals surface area contributed by atoms with Gasteiger partial charge < -0.3 is 31.3 Å². The van der Waals surface area contributed by atoms with Crippen LogP contribution in [0.3, 0.4) is 0 Å². The molecule has 5 unspecified atom stereocenters. The molecule has 2 saturated carbocycles. The number of benzene rings is 1. The molecular formula is C26H29NO8. The van der Waals surface area contributed by atoms with Gasteiger partial charge in [0.15, 0.2) is 11.4 Å². The highest BCUT2D eigenvalue weighted by Crippen LogP contribution is 2.57. The Morgan fingerprint density at radius 1 is 1.11 bits per heavy atom. The number of aliphatic hydroxyl groups is 4. The van der Waals surface area contributed by atoms with Gasteiger partial charge in [0.1, 0.15) is 22.8 Å². The summed E-state index contributed by atoms with van der Waals surface area (Å²) in [5.74, 6) is -8.32. The molecule has 186 valence electrons. The number of aliphatic hydroxyl groups excluding tert-OH is 3. The number of rotatable bonds is 2. The van der Waals surface area contributed by atoms with E-state index in [9.17, 15) is 39.9 Å². The van der Waals surface area contributed by atoms with Gasteiger partial charge in [-0.25, -0.2) is 0 Å². The van der Waals surface area contributed by atoms with Crippen LogP contribution in [0.15, 0.2) is 29.0 Å². The third-order valence-electron chi connectivity index (χ3n) is 8.86. The Morgan fingerprint density at radius 2 is 1.74 bits per heavy atom. The molecule has 0 bridgehead atoms. The second kappa shape index (κ2) is 7.41. The lowest BCUT2D eigenvalue weighted by Gasteiger charge is -2.50. The number of phenolic OH excluding ortho intramolecular Hbond substituents is 1. The summed E-state index contributed by atoms with van der Waals surface area (Å²) in [6, 6.07) is 3.59. The summed E-state index contributed by atoms with van der Waals surface area (Å²) in [6.45, 7) is 3.76. The van der Waals surface area contributed by atoms with E-state index in [-0.39, 0.29) is 22.3 Å². The molecule has 0 radical (unpaired) electrons. The first-order chi connectivity index (χ1) is 16.4. The van der Waals surface area contributed by atoms with E-state index >= 15 is 0 Å². The molecule has 5 atom stereocenters. The zero-order valence-corrected chi connectivity index (χ0v) is 19.5. The van der Waals surface area contributed by atoms with E-state index < -0.39 is 70.4 Å². The average molecular weight is 484 g/mol. The number of nitrogens with two attached hydrogens (primary N) is 1. The van der Waals surface area contributed by atoms with Crippen LogP contribution in [0.2, 0.25) is 0 Å². The standard InChI is InChI=1S/C26H29NO8/c1-10-11-5-6-12(25(2)7-3-4-8-25)19(29)16(11)21(31)18-15(10)20(30)13-9-14(28)17(24(27)34)22(32)26(13,35)23(18)33/h5-6,10,13,15,20,29-32,35H,3-4,7-9H2,1-2H3,(H2,27,34).